The zero-order chi connectivity index (χ0) is 11.7. The van der Waals surface area contributed by atoms with Crippen molar-refractivity contribution in [3.05, 3.63) is 41.7 Å². The molecular weight excluding hydrogens is 212 g/mol. The zero-order valence-corrected chi connectivity index (χ0v) is 9.94. The van der Waals surface area contributed by atoms with Crippen molar-refractivity contribution in [1.82, 2.24) is 10.3 Å². The van der Waals surface area contributed by atoms with E-state index in [1.165, 1.54) is 16.3 Å². The van der Waals surface area contributed by atoms with Gasteiger partial charge in [-0.2, -0.15) is 0 Å². The maximum atomic E-state index is 5.77. The number of hydrogen-bond acceptors (Lipinski definition) is 3. The summed E-state index contributed by atoms with van der Waals surface area (Å²) in [5.41, 5.74) is 2.31. The van der Waals surface area contributed by atoms with Gasteiger partial charge in [-0.05, 0) is 30.0 Å². The number of ether oxygens (including phenoxy) is 1. The number of nitrogens with one attached hydrogen (secondary N) is 1. The number of rotatable bonds is 1. The minimum atomic E-state index is 0.174. The van der Waals surface area contributed by atoms with Crippen molar-refractivity contribution >= 4 is 10.8 Å². The fourth-order valence-corrected chi connectivity index (χ4v) is 2.31. The van der Waals surface area contributed by atoms with Crippen LogP contribution >= 0.6 is 0 Å². The second-order valence-electron chi connectivity index (χ2n) is 4.44. The van der Waals surface area contributed by atoms with Crippen LogP contribution in [0.3, 0.4) is 0 Å². The number of morpholine rings is 1. The zero-order valence-electron chi connectivity index (χ0n) is 9.94. The first kappa shape index (κ1) is 10.7. The van der Waals surface area contributed by atoms with Crippen molar-refractivity contribution in [3.63, 3.8) is 0 Å². The van der Waals surface area contributed by atoms with Crippen LogP contribution in [0.5, 0.6) is 0 Å². The topological polar surface area (TPSA) is 34.2 Å². The van der Waals surface area contributed by atoms with Crippen LogP contribution in [0.25, 0.3) is 10.8 Å². The smallest absolute Gasteiger partial charge is 0.0950 e. The molecular formula is C14H16N2O. The molecule has 1 N–H and O–H groups in total. The van der Waals surface area contributed by atoms with Crippen LogP contribution in [-0.4, -0.2) is 24.7 Å². The molecule has 0 spiro atoms. The van der Waals surface area contributed by atoms with Gasteiger partial charge >= 0.3 is 0 Å². The Labute approximate surface area is 101 Å². The molecule has 1 unspecified atom stereocenters. The SMILES string of the molecule is Cc1nccc2ccc(C3CNCCO3)cc12. The minimum absolute atomic E-state index is 0.174. The summed E-state index contributed by atoms with van der Waals surface area (Å²) in [5, 5.41) is 5.82. The molecule has 88 valence electrons. The highest BCUT2D eigenvalue weighted by Gasteiger charge is 2.15. The molecule has 1 aliphatic rings. The molecule has 0 amide bonds. The quantitative estimate of drug-likeness (QED) is 0.812. The number of aromatic nitrogens is 1. The van der Waals surface area contributed by atoms with Crippen molar-refractivity contribution < 1.29 is 4.74 Å². The van der Waals surface area contributed by atoms with Crippen LogP contribution in [0.15, 0.2) is 30.5 Å². The fourth-order valence-electron chi connectivity index (χ4n) is 2.31. The Morgan fingerprint density at radius 3 is 3.12 bits per heavy atom. The van der Waals surface area contributed by atoms with E-state index in [2.05, 4.69) is 28.5 Å². The van der Waals surface area contributed by atoms with Crippen LogP contribution in [0.2, 0.25) is 0 Å². The predicted molar refractivity (Wildman–Crippen MR) is 68.0 cm³/mol. The van der Waals surface area contributed by atoms with Crippen molar-refractivity contribution in [2.45, 2.75) is 13.0 Å². The average Bonchev–Trinajstić information content (AvgIpc) is 2.40. The maximum Gasteiger partial charge on any atom is 0.0950 e. The Morgan fingerprint density at radius 1 is 1.35 bits per heavy atom. The first-order valence-corrected chi connectivity index (χ1v) is 6.02. The lowest BCUT2D eigenvalue weighted by Gasteiger charge is -2.24. The summed E-state index contributed by atoms with van der Waals surface area (Å²) in [7, 11) is 0. The lowest BCUT2D eigenvalue weighted by atomic mass is 10.0. The predicted octanol–water partition coefficient (Wildman–Crippen LogP) is 2.20. The van der Waals surface area contributed by atoms with Crippen molar-refractivity contribution in [2.75, 3.05) is 19.7 Å². The second kappa shape index (κ2) is 4.43. The Hall–Kier alpha value is -1.45. The summed E-state index contributed by atoms with van der Waals surface area (Å²) >= 11 is 0. The van der Waals surface area contributed by atoms with Gasteiger partial charge in [-0.3, -0.25) is 4.98 Å². The molecule has 0 bridgehead atoms. The van der Waals surface area contributed by atoms with Gasteiger partial charge in [-0.25, -0.2) is 0 Å². The van der Waals surface area contributed by atoms with Gasteiger partial charge < -0.3 is 10.1 Å². The molecule has 0 saturated carbocycles. The molecule has 1 atom stereocenters. The Kier molecular flexibility index (Phi) is 2.79. The fraction of sp³-hybridized carbons (Fsp3) is 0.357. The molecule has 1 saturated heterocycles. The summed E-state index contributed by atoms with van der Waals surface area (Å²) in [6, 6.07) is 8.55. The molecule has 1 aliphatic heterocycles. The van der Waals surface area contributed by atoms with Gasteiger partial charge in [0.25, 0.3) is 0 Å². The highest BCUT2D eigenvalue weighted by atomic mass is 16.5. The van der Waals surface area contributed by atoms with E-state index in [0.717, 1.165) is 25.4 Å². The van der Waals surface area contributed by atoms with E-state index in [1.807, 2.05) is 19.2 Å². The molecule has 1 aromatic heterocycles. The number of hydrogen-bond donors (Lipinski definition) is 1. The van der Waals surface area contributed by atoms with E-state index in [0.29, 0.717) is 0 Å². The number of fused-ring (bicyclic) bond motifs is 1. The van der Waals surface area contributed by atoms with Gasteiger partial charge in [0.1, 0.15) is 0 Å². The van der Waals surface area contributed by atoms with Gasteiger partial charge in [0, 0.05) is 30.4 Å². The molecule has 17 heavy (non-hydrogen) atoms. The lowest BCUT2D eigenvalue weighted by molar-refractivity contribution is 0.0278. The van der Waals surface area contributed by atoms with E-state index in [-0.39, 0.29) is 6.10 Å². The third-order valence-corrected chi connectivity index (χ3v) is 3.29. The molecule has 1 aromatic carbocycles. The molecule has 3 heteroatoms. The summed E-state index contributed by atoms with van der Waals surface area (Å²) in [6.07, 6.45) is 2.03. The lowest BCUT2D eigenvalue weighted by Crippen LogP contribution is -2.33. The van der Waals surface area contributed by atoms with Crippen molar-refractivity contribution in [1.29, 1.82) is 0 Å². The first-order chi connectivity index (χ1) is 8.34. The molecule has 0 radical (unpaired) electrons. The standard InChI is InChI=1S/C14H16N2O/c1-10-13-8-12(14-9-15-6-7-17-14)3-2-11(13)4-5-16-10/h2-5,8,14-15H,6-7,9H2,1H3. The highest BCUT2D eigenvalue weighted by Crippen LogP contribution is 2.24. The molecule has 3 nitrogen and oxygen atoms in total. The number of nitrogens with zero attached hydrogens (tertiary/aromatic N) is 1. The number of aryl methyl sites for hydroxylation is 1. The Balaban J connectivity index is 2.03. The van der Waals surface area contributed by atoms with E-state index < -0.39 is 0 Å². The summed E-state index contributed by atoms with van der Waals surface area (Å²) in [6.45, 7) is 4.68. The summed E-state index contributed by atoms with van der Waals surface area (Å²) in [5.74, 6) is 0. The summed E-state index contributed by atoms with van der Waals surface area (Å²) in [4.78, 5) is 4.34. The van der Waals surface area contributed by atoms with Crippen molar-refractivity contribution in [3.8, 4) is 0 Å². The first-order valence-electron chi connectivity index (χ1n) is 6.02. The largest absolute Gasteiger partial charge is 0.371 e. The molecule has 2 heterocycles. The van der Waals surface area contributed by atoms with Crippen LogP contribution in [0, 0.1) is 6.92 Å². The normalized spacial score (nSPS) is 20.6. The minimum Gasteiger partial charge on any atom is -0.371 e. The van der Waals surface area contributed by atoms with Crippen molar-refractivity contribution in [2.24, 2.45) is 0 Å². The summed E-state index contributed by atoms with van der Waals surface area (Å²) < 4.78 is 5.77. The van der Waals surface area contributed by atoms with Gasteiger partial charge in [-0.15, -0.1) is 0 Å². The van der Waals surface area contributed by atoms with E-state index in [1.54, 1.807) is 0 Å². The van der Waals surface area contributed by atoms with E-state index in [4.69, 9.17) is 4.74 Å². The number of pyridine rings is 1. The monoisotopic (exact) mass is 228 g/mol. The third-order valence-electron chi connectivity index (χ3n) is 3.29. The second-order valence-corrected chi connectivity index (χ2v) is 4.44. The highest BCUT2D eigenvalue weighted by molar-refractivity contribution is 5.84. The van der Waals surface area contributed by atoms with E-state index >= 15 is 0 Å². The van der Waals surface area contributed by atoms with Gasteiger partial charge in [0.05, 0.1) is 12.7 Å². The van der Waals surface area contributed by atoms with Crippen LogP contribution in [0.4, 0.5) is 0 Å². The molecule has 0 aliphatic carbocycles. The average molecular weight is 228 g/mol. The van der Waals surface area contributed by atoms with Gasteiger partial charge in [-0.1, -0.05) is 12.1 Å². The third kappa shape index (κ3) is 2.04. The molecule has 1 fully saturated rings. The number of benzene rings is 1. The Bertz CT molecular complexity index is 533. The Morgan fingerprint density at radius 2 is 2.29 bits per heavy atom. The van der Waals surface area contributed by atoms with Gasteiger partial charge in [0.2, 0.25) is 0 Å². The van der Waals surface area contributed by atoms with Crippen LogP contribution in [0.1, 0.15) is 17.4 Å². The maximum absolute atomic E-state index is 5.77. The van der Waals surface area contributed by atoms with Crippen LogP contribution < -0.4 is 5.32 Å². The molecule has 2 aromatic rings. The molecule has 3 rings (SSSR count). The van der Waals surface area contributed by atoms with Gasteiger partial charge in [0.15, 0.2) is 0 Å². The van der Waals surface area contributed by atoms with E-state index in [9.17, 15) is 0 Å². The van der Waals surface area contributed by atoms with Crippen LogP contribution in [-0.2, 0) is 4.74 Å².